The van der Waals surface area contributed by atoms with E-state index in [0.717, 1.165) is 15.9 Å². The van der Waals surface area contributed by atoms with Gasteiger partial charge >= 0.3 is 0 Å². The molecule has 4 heterocycles. The Morgan fingerprint density at radius 3 is 2.18 bits per heavy atom. The van der Waals surface area contributed by atoms with Crippen molar-refractivity contribution >= 4 is 75.3 Å². The topological polar surface area (TPSA) is 56.7 Å². The van der Waals surface area contributed by atoms with Crippen LogP contribution in [0.5, 0.6) is 0 Å². The molecular weight excluding hydrogens is 645 g/mol. The van der Waals surface area contributed by atoms with E-state index in [1.807, 2.05) is 0 Å². The van der Waals surface area contributed by atoms with Crippen LogP contribution in [0.4, 0.5) is 0 Å². The van der Waals surface area contributed by atoms with E-state index in [4.69, 9.17) is 33.6 Å². The normalized spacial score (nSPS) is 17.7. The lowest BCUT2D eigenvalue weighted by Gasteiger charge is -2.11. The Labute approximate surface area is 325 Å². The summed E-state index contributed by atoms with van der Waals surface area (Å²) in [7, 11) is 0. The van der Waals surface area contributed by atoms with E-state index in [0.29, 0.717) is 5.56 Å². The lowest BCUT2D eigenvalue weighted by molar-refractivity contribution is 0.669. The van der Waals surface area contributed by atoms with Gasteiger partial charge in [0.05, 0.1) is 39.8 Å². The number of aromatic nitrogens is 4. The molecule has 0 aliphatic rings. The van der Waals surface area contributed by atoms with Crippen molar-refractivity contribution in [2.24, 2.45) is 0 Å². The molecule has 238 valence electrons. The molecule has 7 aromatic carbocycles. The smallest absolute Gasteiger partial charge is 0.238 e. The SMILES string of the molecule is [2H]c1c([2H])c([2H])c(-c2c([2H])c([2H])c([2H])c3oc4c([2H])c(-c5nc(-c6ccccc6)nc(-n6c7c([2H])c([2H])c([2H])c([2H])c7c7c8sc9c([2H])c([2H])c([2H])c([2H])c9c8c([2H])c([2H])c76)n5)c([2H])c([2H])c4c23)c([2H])c1[2H]. The summed E-state index contributed by atoms with van der Waals surface area (Å²) in [6, 6.07) is -5.81. The van der Waals surface area contributed by atoms with Crippen molar-refractivity contribution in [3.05, 3.63) is 157 Å². The number of para-hydroxylation sites is 1. The summed E-state index contributed by atoms with van der Waals surface area (Å²) in [5.41, 5.74) is -2.74. The van der Waals surface area contributed by atoms with Gasteiger partial charge in [-0.15, -0.1) is 11.3 Å². The van der Waals surface area contributed by atoms with E-state index in [1.165, 1.54) is 0 Å². The highest BCUT2D eigenvalue weighted by atomic mass is 32.1. The van der Waals surface area contributed by atoms with E-state index >= 15 is 0 Å². The predicted octanol–water partition coefficient (Wildman–Crippen LogP) is 12.2. The lowest BCUT2D eigenvalue weighted by Crippen LogP contribution is -2.06. The first-order chi connectivity index (χ1) is 34.0. The van der Waals surface area contributed by atoms with Crippen molar-refractivity contribution in [1.82, 2.24) is 19.5 Å². The summed E-state index contributed by atoms with van der Waals surface area (Å²) in [4.78, 5) is 14.1. The minimum atomic E-state index is -0.776. The van der Waals surface area contributed by atoms with E-state index in [9.17, 15) is 9.60 Å². The van der Waals surface area contributed by atoms with Crippen molar-refractivity contribution in [2.75, 3.05) is 0 Å². The Morgan fingerprint density at radius 2 is 1.29 bits per heavy atom. The molecule has 0 N–H and O–H groups in total. The Balaban J connectivity index is 1.30. The molecule has 4 aromatic heterocycles. The number of nitrogens with zero attached hydrogens (tertiary/aromatic N) is 4. The monoisotopic (exact) mass is 691 g/mol. The second-order valence-corrected chi connectivity index (χ2v) is 12.2. The molecule has 6 heteroatoms. The van der Waals surface area contributed by atoms with Crippen molar-refractivity contribution < 1.29 is 33.2 Å². The Morgan fingerprint density at radius 1 is 0.529 bits per heavy atom. The first-order valence-electron chi connectivity index (χ1n) is 25.7. The third-order valence-electron chi connectivity index (χ3n) is 8.37. The van der Waals surface area contributed by atoms with E-state index < -0.39 is 167 Å². The second kappa shape index (κ2) is 10.9. The van der Waals surface area contributed by atoms with Crippen molar-refractivity contribution in [2.45, 2.75) is 0 Å². The van der Waals surface area contributed by atoms with Gasteiger partial charge in [0, 0.05) is 52.8 Å². The Hall–Kier alpha value is -6.63. The fourth-order valence-corrected chi connectivity index (χ4v) is 7.31. The molecule has 0 bridgehead atoms. The molecule has 11 rings (SSSR count). The Bertz CT molecular complexity index is 4330. The van der Waals surface area contributed by atoms with Crippen molar-refractivity contribution in [1.29, 1.82) is 0 Å². The van der Waals surface area contributed by atoms with Crippen LogP contribution in [0.15, 0.2) is 162 Å². The molecule has 11 aromatic rings. The molecule has 0 radical (unpaired) electrons. The third-order valence-corrected chi connectivity index (χ3v) is 9.49. The van der Waals surface area contributed by atoms with Gasteiger partial charge in [0.15, 0.2) is 11.6 Å². The van der Waals surface area contributed by atoms with Crippen LogP contribution >= 0.6 is 11.3 Å². The zero-order chi connectivity index (χ0) is 51.7. The molecule has 0 spiro atoms. The number of fused-ring (bicyclic) bond motifs is 10. The number of thiophene rings is 1. The van der Waals surface area contributed by atoms with Crippen LogP contribution in [0.2, 0.25) is 0 Å². The number of rotatable bonds is 4. The highest BCUT2D eigenvalue weighted by Crippen LogP contribution is 2.43. The molecular formula is C45H26N4OS. The second-order valence-electron chi connectivity index (χ2n) is 11.2. The van der Waals surface area contributed by atoms with Gasteiger partial charge in [-0.2, -0.15) is 9.97 Å². The molecule has 5 nitrogen and oxygen atoms in total. The van der Waals surface area contributed by atoms with E-state index in [2.05, 4.69) is 4.98 Å². The number of furan rings is 1. The van der Waals surface area contributed by atoms with E-state index in [-0.39, 0.29) is 58.6 Å². The summed E-state index contributed by atoms with van der Waals surface area (Å²) in [6.45, 7) is 0. The lowest BCUT2D eigenvalue weighted by atomic mass is 9.99. The molecule has 0 aliphatic heterocycles. The quantitative estimate of drug-likeness (QED) is 0.184. The van der Waals surface area contributed by atoms with Gasteiger partial charge in [0.1, 0.15) is 11.2 Å². The van der Waals surface area contributed by atoms with Gasteiger partial charge < -0.3 is 4.42 Å². The zero-order valence-electron chi connectivity index (χ0n) is 46.5. The van der Waals surface area contributed by atoms with Crippen LogP contribution < -0.4 is 0 Å². The standard InChI is InChI=1S/C45H26N4OS/c1-3-12-27(13-4-1)30-18-11-20-37-40(30)34-23-22-29(26-38(34)50-37)44-46-43(28-14-5-2-6-15-28)47-45(48-44)49-35-19-9-7-17-33(35)41-36(49)25-24-32-31-16-8-10-21-39(31)51-42(32)41/h1-26H/i1D,3D,4D,7D,8D,9D,10D,11D,12D,13D,16D,17D,18D,19D,20D,21D,22D,23D,24D,25D,26D. The number of hydrogen-bond donors (Lipinski definition) is 0. The molecule has 0 aliphatic carbocycles. The van der Waals surface area contributed by atoms with Crippen LogP contribution in [0.3, 0.4) is 0 Å². The van der Waals surface area contributed by atoms with Crippen LogP contribution in [0, 0.1) is 0 Å². The molecule has 51 heavy (non-hydrogen) atoms. The average Bonchev–Trinajstić information content (AvgIpc) is 4.08. The van der Waals surface area contributed by atoms with Gasteiger partial charge in [-0.05, 0) is 47.4 Å². The van der Waals surface area contributed by atoms with Gasteiger partial charge in [-0.1, -0.05) is 121 Å². The first kappa shape index (κ1) is 14.7. The zero-order valence-corrected chi connectivity index (χ0v) is 26.3. The molecule has 0 saturated heterocycles. The van der Waals surface area contributed by atoms with E-state index in [1.54, 1.807) is 30.3 Å². The van der Waals surface area contributed by atoms with Crippen molar-refractivity contribution in [3.63, 3.8) is 0 Å². The molecule has 0 saturated carbocycles. The minimum absolute atomic E-state index is 0.0287. The summed E-state index contributed by atoms with van der Waals surface area (Å²) in [5, 5.41) is -1.05. The highest BCUT2D eigenvalue weighted by Gasteiger charge is 2.21. The van der Waals surface area contributed by atoms with Crippen LogP contribution in [0.25, 0.3) is 104 Å². The molecule has 0 unspecified atom stereocenters. The van der Waals surface area contributed by atoms with Gasteiger partial charge in [0.2, 0.25) is 5.95 Å². The fourth-order valence-electron chi connectivity index (χ4n) is 6.19. The molecule has 0 fully saturated rings. The average molecular weight is 692 g/mol. The van der Waals surface area contributed by atoms with Gasteiger partial charge in [-0.3, -0.25) is 4.57 Å². The summed E-state index contributed by atoms with van der Waals surface area (Å²) in [5.74, 6) is -1.12. The fraction of sp³-hybridized carbons (Fsp3) is 0. The maximum Gasteiger partial charge on any atom is 0.238 e. The third kappa shape index (κ3) is 4.30. The van der Waals surface area contributed by atoms with Crippen LogP contribution in [-0.2, 0) is 0 Å². The first-order valence-corrected chi connectivity index (χ1v) is 16.1. The van der Waals surface area contributed by atoms with Crippen LogP contribution in [0.1, 0.15) is 28.8 Å². The predicted molar refractivity (Wildman–Crippen MR) is 211 cm³/mol. The van der Waals surface area contributed by atoms with Gasteiger partial charge in [0.25, 0.3) is 0 Å². The maximum atomic E-state index is 9.62. The summed E-state index contributed by atoms with van der Waals surface area (Å²) in [6.07, 6.45) is 0. The number of benzene rings is 7. The minimum Gasteiger partial charge on any atom is -0.456 e. The van der Waals surface area contributed by atoms with Gasteiger partial charge in [-0.25, -0.2) is 4.98 Å². The summed E-state index contributed by atoms with van der Waals surface area (Å²) >= 11 is 0.841. The highest BCUT2D eigenvalue weighted by molar-refractivity contribution is 7.26. The van der Waals surface area contributed by atoms with Crippen molar-refractivity contribution in [3.8, 4) is 39.9 Å². The van der Waals surface area contributed by atoms with Crippen LogP contribution in [-0.4, -0.2) is 19.5 Å². The molecule has 0 amide bonds. The summed E-state index contributed by atoms with van der Waals surface area (Å²) < 4.78 is 194. The largest absolute Gasteiger partial charge is 0.456 e. The maximum absolute atomic E-state index is 9.62. The number of hydrogen-bond acceptors (Lipinski definition) is 5. The molecule has 0 atom stereocenters. The Kier molecular flexibility index (Phi) is 3.15.